The van der Waals surface area contributed by atoms with Crippen molar-refractivity contribution < 1.29 is 17.6 Å². The zero-order valence-electron chi connectivity index (χ0n) is 35.2. The second-order valence-electron chi connectivity index (χ2n) is 16.6. The molecule has 12 rings (SSSR count). The van der Waals surface area contributed by atoms with Crippen molar-refractivity contribution in [3.05, 3.63) is 242 Å². The zero-order valence-corrected chi connectivity index (χ0v) is 35.2. The Labute approximate surface area is 377 Å². The van der Waals surface area contributed by atoms with E-state index in [9.17, 15) is 0 Å². The molecule has 0 N–H and O–H groups in total. The second kappa shape index (κ2) is 15.6. The van der Waals surface area contributed by atoms with Crippen molar-refractivity contribution >= 4 is 88.0 Å². The third-order valence-electron chi connectivity index (χ3n) is 12.8. The molecule has 0 amide bonds. The smallest absolute Gasteiger partial charge is 0.150 e. The van der Waals surface area contributed by atoms with Gasteiger partial charge in [0.05, 0.1) is 22.7 Å². The first-order valence-corrected chi connectivity index (χ1v) is 21.8. The van der Waals surface area contributed by atoms with Crippen LogP contribution in [0.3, 0.4) is 0 Å². The molecule has 0 unspecified atom stereocenters. The number of rotatable bonds is 8. The molecule has 2 nitrogen and oxygen atoms in total. The molecule has 0 aromatic heterocycles. The van der Waals surface area contributed by atoms with Gasteiger partial charge in [0, 0.05) is 45.4 Å². The maximum atomic E-state index is 17.0. The number of benzene rings is 12. The molecule has 66 heavy (non-hydrogen) atoms. The van der Waals surface area contributed by atoms with Gasteiger partial charge in [0.15, 0.2) is 11.6 Å². The SMILES string of the molecule is Fc1cc(F)c(N(c2ccccc2)c2ccc3ccc4c(N(c5ccccc5)c5c(F)cc(F)cc5-c5cccc6ccccc56)ccc5ccc2c3c54)c(-c2cccc3ccccc23)c1. The summed E-state index contributed by atoms with van der Waals surface area (Å²) in [5, 5.41) is 9.02. The molecule has 12 aromatic carbocycles. The Balaban J connectivity index is 1.13. The molecule has 0 saturated carbocycles. The standard InChI is InChI=1S/C60H36F4N2/c61-41-33-51(47-23-11-15-37-13-7-9-21-45(37)47)59(53(63)35-41)65(43-17-3-1-4-18-43)55-31-27-39-26-30-50-56(32-28-40-25-29-49(55)57(39)58(40)50)66(44-19-5-2-6-20-44)60-52(34-42(62)36-54(60)64)48-24-12-16-38-14-8-10-22-46(38)48/h1-36H. The minimum absolute atomic E-state index is 0.206. The average molecular weight is 861 g/mol. The van der Waals surface area contributed by atoms with Gasteiger partial charge in [0.2, 0.25) is 0 Å². The van der Waals surface area contributed by atoms with Crippen molar-refractivity contribution in [2.24, 2.45) is 0 Å². The lowest BCUT2D eigenvalue weighted by Gasteiger charge is -2.31. The molecular formula is C60H36F4N2. The summed E-state index contributed by atoms with van der Waals surface area (Å²) in [4.78, 5) is 3.78. The van der Waals surface area contributed by atoms with Gasteiger partial charge in [-0.2, -0.15) is 0 Å². The highest BCUT2D eigenvalue weighted by molar-refractivity contribution is 6.28. The fourth-order valence-corrected chi connectivity index (χ4v) is 10.0. The van der Waals surface area contributed by atoms with Gasteiger partial charge in [-0.05, 0) is 103 Å². The molecule has 0 heterocycles. The maximum Gasteiger partial charge on any atom is 0.150 e. The van der Waals surface area contributed by atoms with E-state index in [0.29, 0.717) is 45.0 Å². The summed E-state index contributed by atoms with van der Waals surface area (Å²) >= 11 is 0. The van der Waals surface area contributed by atoms with Crippen molar-refractivity contribution in [2.45, 2.75) is 0 Å². The molecule has 314 valence electrons. The van der Waals surface area contributed by atoms with Crippen LogP contribution in [-0.2, 0) is 0 Å². The van der Waals surface area contributed by atoms with Crippen LogP contribution in [0.4, 0.5) is 51.7 Å². The van der Waals surface area contributed by atoms with E-state index < -0.39 is 23.3 Å². The highest BCUT2D eigenvalue weighted by Gasteiger charge is 2.28. The van der Waals surface area contributed by atoms with E-state index in [2.05, 4.69) is 24.3 Å². The van der Waals surface area contributed by atoms with E-state index in [-0.39, 0.29) is 11.4 Å². The summed E-state index contributed by atoms with van der Waals surface area (Å²) < 4.78 is 65.2. The molecule has 0 bridgehead atoms. The van der Waals surface area contributed by atoms with E-state index in [0.717, 1.165) is 66.0 Å². The Bertz CT molecular complexity index is 3570. The lowest BCUT2D eigenvalue weighted by Crippen LogP contribution is -2.15. The molecular weight excluding hydrogens is 825 g/mol. The fraction of sp³-hybridized carbons (Fsp3) is 0. The highest BCUT2D eigenvalue weighted by Crippen LogP contribution is 2.51. The van der Waals surface area contributed by atoms with Crippen LogP contribution in [0.15, 0.2) is 218 Å². The topological polar surface area (TPSA) is 6.48 Å². The molecule has 0 aliphatic rings. The fourth-order valence-electron chi connectivity index (χ4n) is 10.0. The van der Waals surface area contributed by atoms with Gasteiger partial charge in [0.25, 0.3) is 0 Å². The lowest BCUT2D eigenvalue weighted by atomic mass is 9.90. The number of fused-ring (bicyclic) bond motifs is 2. The molecule has 0 spiro atoms. The number of para-hydroxylation sites is 2. The van der Waals surface area contributed by atoms with E-state index >= 15 is 17.6 Å². The summed E-state index contributed by atoms with van der Waals surface area (Å²) in [7, 11) is 0. The number of hydrogen-bond acceptors (Lipinski definition) is 2. The van der Waals surface area contributed by atoms with Crippen molar-refractivity contribution in [2.75, 3.05) is 9.80 Å². The van der Waals surface area contributed by atoms with Gasteiger partial charge < -0.3 is 9.80 Å². The predicted molar refractivity (Wildman–Crippen MR) is 265 cm³/mol. The van der Waals surface area contributed by atoms with E-state index in [1.807, 2.05) is 180 Å². The summed E-state index contributed by atoms with van der Waals surface area (Å²) in [6.07, 6.45) is 0. The number of halogens is 4. The first-order chi connectivity index (χ1) is 32.4. The Morgan fingerprint density at radius 1 is 0.273 bits per heavy atom. The first-order valence-electron chi connectivity index (χ1n) is 21.8. The predicted octanol–water partition coefficient (Wildman–Crippen LogP) is 17.7. The average Bonchev–Trinajstić information content (AvgIpc) is 3.35. The summed E-state index contributed by atoms with van der Waals surface area (Å²) in [6.45, 7) is 0. The monoisotopic (exact) mass is 860 g/mol. The van der Waals surface area contributed by atoms with Crippen LogP contribution in [0.1, 0.15) is 0 Å². The van der Waals surface area contributed by atoms with Crippen LogP contribution in [0, 0.1) is 23.3 Å². The zero-order chi connectivity index (χ0) is 44.5. The normalized spacial score (nSPS) is 11.6. The van der Waals surface area contributed by atoms with Crippen molar-refractivity contribution in [1.82, 2.24) is 0 Å². The Morgan fingerprint density at radius 2 is 0.652 bits per heavy atom. The minimum atomic E-state index is -0.711. The van der Waals surface area contributed by atoms with Gasteiger partial charge in [-0.15, -0.1) is 0 Å². The van der Waals surface area contributed by atoms with Crippen molar-refractivity contribution in [1.29, 1.82) is 0 Å². The quantitative estimate of drug-likeness (QED) is 0.111. The Kier molecular flexibility index (Phi) is 9.28. The molecule has 0 fully saturated rings. The van der Waals surface area contributed by atoms with Crippen LogP contribution in [0.5, 0.6) is 0 Å². The minimum Gasteiger partial charge on any atom is -0.307 e. The van der Waals surface area contributed by atoms with Crippen LogP contribution in [-0.4, -0.2) is 0 Å². The maximum absolute atomic E-state index is 17.0. The van der Waals surface area contributed by atoms with Gasteiger partial charge in [-0.1, -0.05) is 158 Å². The van der Waals surface area contributed by atoms with Crippen LogP contribution in [0.2, 0.25) is 0 Å². The molecule has 0 aliphatic heterocycles. The summed E-state index contributed by atoms with van der Waals surface area (Å²) in [6, 6.07) is 67.4. The molecule has 0 radical (unpaired) electrons. The number of hydrogen-bond donors (Lipinski definition) is 0. The van der Waals surface area contributed by atoms with E-state index in [1.165, 1.54) is 12.1 Å². The number of nitrogens with zero attached hydrogens (tertiary/aromatic N) is 2. The molecule has 0 saturated heterocycles. The van der Waals surface area contributed by atoms with Crippen LogP contribution < -0.4 is 9.80 Å². The summed E-state index contributed by atoms with van der Waals surface area (Å²) in [5.74, 6) is -2.79. The highest BCUT2D eigenvalue weighted by atomic mass is 19.1. The Morgan fingerprint density at radius 3 is 1.09 bits per heavy atom. The lowest BCUT2D eigenvalue weighted by molar-refractivity contribution is 0.584. The molecule has 6 heteroatoms. The first kappa shape index (κ1) is 39.1. The van der Waals surface area contributed by atoms with Gasteiger partial charge in [-0.3, -0.25) is 0 Å². The number of anilines is 6. The Hall–Kier alpha value is -8.48. The molecule has 0 atom stereocenters. The third kappa shape index (κ3) is 6.33. The molecule has 0 aliphatic carbocycles. The third-order valence-corrected chi connectivity index (χ3v) is 12.8. The van der Waals surface area contributed by atoms with E-state index in [4.69, 9.17) is 0 Å². The van der Waals surface area contributed by atoms with E-state index in [1.54, 1.807) is 0 Å². The van der Waals surface area contributed by atoms with Gasteiger partial charge >= 0.3 is 0 Å². The van der Waals surface area contributed by atoms with Crippen LogP contribution >= 0.6 is 0 Å². The summed E-state index contributed by atoms with van der Waals surface area (Å²) in [5.41, 5.74) is 5.35. The van der Waals surface area contributed by atoms with Crippen molar-refractivity contribution in [3.8, 4) is 22.3 Å². The van der Waals surface area contributed by atoms with Crippen LogP contribution in [0.25, 0.3) is 76.1 Å². The largest absolute Gasteiger partial charge is 0.307 e. The second-order valence-corrected chi connectivity index (χ2v) is 16.6. The van der Waals surface area contributed by atoms with Crippen molar-refractivity contribution in [3.63, 3.8) is 0 Å². The van der Waals surface area contributed by atoms with Gasteiger partial charge in [0.1, 0.15) is 11.6 Å². The van der Waals surface area contributed by atoms with Gasteiger partial charge in [-0.25, -0.2) is 17.6 Å². The molecule has 12 aromatic rings.